The number of amides is 1. The van der Waals surface area contributed by atoms with Crippen LogP contribution < -0.4 is 5.01 Å². The molecule has 0 saturated heterocycles. The predicted octanol–water partition coefficient (Wildman–Crippen LogP) is 5.99. The summed E-state index contributed by atoms with van der Waals surface area (Å²) in [5, 5.41) is 17.1. The molecule has 1 aliphatic rings. The first-order chi connectivity index (χ1) is 13.5. The van der Waals surface area contributed by atoms with E-state index in [0.29, 0.717) is 26.6 Å². The molecule has 1 aromatic heterocycles. The minimum absolute atomic E-state index is 0.312. The van der Waals surface area contributed by atoms with E-state index in [1.807, 2.05) is 35.7 Å². The molecule has 1 aliphatic heterocycles. The molecule has 2 aromatic carbocycles. The van der Waals surface area contributed by atoms with Crippen molar-refractivity contribution >= 4 is 57.0 Å². The van der Waals surface area contributed by atoms with Crippen LogP contribution in [0.2, 0.25) is 10.0 Å². The van der Waals surface area contributed by atoms with E-state index in [0.717, 1.165) is 11.3 Å². The maximum Gasteiger partial charge on any atom is 0.282 e. The smallest absolute Gasteiger partial charge is 0.269 e. The minimum atomic E-state index is -0.820. The predicted molar refractivity (Wildman–Crippen MR) is 113 cm³/mol. The van der Waals surface area contributed by atoms with Crippen LogP contribution in [0.25, 0.3) is 11.3 Å². The van der Waals surface area contributed by atoms with Crippen molar-refractivity contribution < 1.29 is 4.79 Å². The van der Waals surface area contributed by atoms with Gasteiger partial charge in [0.1, 0.15) is 5.69 Å². The highest BCUT2D eigenvalue weighted by Gasteiger charge is 2.36. The molecule has 0 radical (unpaired) electrons. The quantitative estimate of drug-likeness (QED) is 0.477. The van der Waals surface area contributed by atoms with Crippen LogP contribution in [0.1, 0.15) is 6.92 Å². The van der Waals surface area contributed by atoms with Crippen molar-refractivity contribution in [3.05, 3.63) is 64.0 Å². The highest BCUT2D eigenvalue weighted by molar-refractivity contribution is 7.14. The van der Waals surface area contributed by atoms with Crippen LogP contribution in [0.4, 0.5) is 10.8 Å². The molecular formula is C19H13Cl2N5OS. The zero-order valence-corrected chi connectivity index (χ0v) is 16.9. The molecular weight excluding hydrogens is 417 g/mol. The summed E-state index contributed by atoms with van der Waals surface area (Å²) in [4.78, 5) is 17.3. The topological polar surface area (TPSA) is 70.3 Å². The van der Waals surface area contributed by atoms with Gasteiger partial charge in [-0.1, -0.05) is 53.5 Å². The summed E-state index contributed by atoms with van der Waals surface area (Å²) in [5.41, 5.74) is 2.69. The molecule has 0 spiro atoms. The lowest BCUT2D eigenvalue weighted by Crippen LogP contribution is -2.29. The number of anilines is 1. The van der Waals surface area contributed by atoms with Gasteiger partial charge in [-0.15, -0.1) is 11.3 Å². The maximum atomic E-state index is 12.8. The van der Waals surface area contributed by atoms with Crippen LogP contribution in [0.15, 0.2) is 69.2 Å². The van der Waals surface area contributed by atoms with Gasteiger partial charge in [-0.05, 0) is 25.1 Å². The molecule has 28 heavy (non-hydrogen) atoms. The van der Waals surface area contributed by atoms with Gasteiger partial charge in [0, 0.05) is 16.0 Å². The fourth-order valence-corrected chi connectivity index (χ4v) is 3.72. The number of azo groups is 1. The fraction of sp³-hybridized carbons (Fsp3) is 0.105. The van der Waals surface area contributed by atoms with Gasteiger partial charge < -0.3 is 0 Å². The molecule has 0 bridgehead atoms. The number of halogens is 2. The molecule has 2 heterocycles. The summed E-state index contributed by atoms with van der Waals surface area (Å²) >= 11 is 13.4. The number of carbonyl (C=O) groups is 1. The van der Waals surface area contributed by atoms with Crippen molar-refractivity contribution in [3.8, 4) is 11.3 Å². The third-order valence-electron chi connectivity index (χ3n) is 4.03. The molecule has 0 N–H and O–H groups in total. The molecule has 4 rings (SSSR count). The number of thiazole rings is 1. The number of hydrogen-bond acceptors (Lipinski definition) is 6. The van der Waals surface area contributed by atoms with Crippen molar-refractivity contribution in [2.24, 2.45) is 15.3 Å². The van der Waals surface area contributed by atoms with Crippen molar-refractivity contribution in [1.29, 1.82) is 0 Å². The summed E-state index contributed by atoms with van der Waals surface area (Å²) in [6.07, 6.45) is 0. The lowest BCUT2D eigenvalue weighted by atomic mass is 10.2. The molecule has 1 unspecified atom stereocenters. The Labute approximate surface area is 175 Å². The van der Waals surface area contributed by atoms with E-state index in [1.54, 1.807) is 25.1 Å². The van der Waals surface area contributed by atoms with E-state index in [1.165, 1.54) is 16.3 Å². The Hall–Kier alpha value is -2.61. The lowest BCUT2D eigenvalue weighted by molar-refractivity contribution is -0.117. The molecule has 0 aliphatic carbocycles. The summed E-state index contributed by atoms with van der Waals surface area (Å²) in [6, 6.07) is 13.8. The largest absolute Gasteiger partial charge is 0.282 e. The first-order valence-electron chi connectivity index (χ1n) is 8.29. The third-order valence-corrected chi connectivity index (χ3v) is 5.40. The summed E-state index contributed by atoms with van der Waals surface area (Å²) in [5.74, 6) is -0.312. The maximum absolute atomic E-state index is 12.8. The first kappa shape index (κ1) is 18.7. The van der Waals surface area contributed by atoms with Gasteiger partial charge in [0.15, 0.2) is 6.04 Å². The van der Waals surface area contributed by atoms with E-state index in [9.17, 15) is 4.79 Å². The Kier molecular flexibility index (Phi) is 5.21. The molecule has 0 saturated carbocycles. The van der Waals surface area contributed by atoms with Gasteiger partial charge in [0.25, 0.3) is 5.91 Å². The Morgan fingerprint density at radius 2 is 1.93 bits per heavy atom. The van der Waals surface area contributed by atoms with Crippen LogP contribution in [-0.4, -0.2) is 22.6 Å². The van der Waals surface area contributed by atoms with Crippen molar-refractivity contribution in [3.63, 3.8) is 0 Å². The Morgan fingerprint density at radius 1 is 1.14 bits per heavy atom. The third kappa shape index (κ3) is 3.69. The Morgan fingerprint density at radius 3 is 2.71 bits per heavy atom. The van der Waals surface area contributed by atoms with Gasteiger partial charge in [-0.2, -0.15) is 20.3 Å². The number of nitrogens with zero attached hydrogens (tertiary/aromatic N) is 5. The Bertz CT molecular complexity index is 1100. The van der Waals surface area contributed by atoms with E-state index >= 15 is 0 Å². The van der Waals surface area contributed by atoms with Crippen LogP contribution >= 0.6 is 34.5 Å². The highest BCUT2D eigenvalue weighted by Crippen LogP contribution is 2.32. The van der Waals surface area contributed by atoms with Crippen LogP contribution in [0.3, 0.4) is 0 Å². The average Bonchev–Trinajstić information content (AvgIpc) is 3.29. The molecule has 0 fully saturated rings. The first-order valence-corrected chi connectivity index (χ1v) is 9.92. The summed E-state index contributed by atoms with van der Waals surface area (Å²) in [6.45, 7) is 1.73. The van der Waals surface area contributed by atoms with Crippen molar-refractivity contribution in [2.75, 3.05) is 5.01 Å². The molecule has 1 atom stereocenters. The second-order valence-electron chi connectivity index (χ2n) is 5.99. The van der Waals surface area contributed by atoms with Crippen LogP contribution in [-0.2, 0) is 4.79 Å². The standard InChI is InChI=1S/C19H13Cl2N5OS/c1-11-17(24-23-15-9-13(20)7-8-14(15)21)18(27)26(25-11)19-22-16(10-28-19)12-5-3-2-4-6-12/h2-10,17H,1H3. The van der Waals surface area contributed by atoms with E-state index in [4.69, 9.17) is 23.2 Å². The number of rotatable bonds is 4. The fourth-order valence-electron chi connectivity index (χ4n) is 2.61. The zero-order chi connectivity index (χ0) is 19.7. The SMILES string of the molecule is CC1=NN(c2nc(-c3ccccc3)cs2)C(=O)C1N=Nc1cc(Cl)ccc1Cl. The van der Waals surface area contributed by atoms with Gasteiger partial charge >= 0.3 is 0 Å². The Balaban J connectivity index is 1.56. The lowest BCUT2D eigenvalue weighted by Gasteiger charge is -2.08. The molecule has 6 nitrogen and oxygen atoms in total. The van der Waals surface area contributed by atoms with Crippen LogP contribution in [0, 0.1) is 0 Å². The zero-order valence-electron chi connectivity index (χ0n) is 14.6. The number of carbonyl (C=O) groups excluding carboxylic acids is 1. The van der Waals surface area contributed by atoms with Gasteiger partial charge in [-0.25, -0.2) is 4.98 Å². The second kappa shape index (κ2) is 7.79. The van der Waals surface area contributed by atoms with E-state index in [2.05, 4.69) is 20.3 Å². The van der Waals surface area contributed by atoms with Crippen LogP contribution in [0.5, 0.6) is 0 Å². The number of hydrogen-bond donors (Lipinski definition) is 0. The normalized spacial score (nSPS) is 16.8. The minimum Gasteiger partial charge on any atom is -0.269 e. The summed E-state index contributed by atoms with van der Waals surface area (Å²) in [7, 11) is 0. The van der Waals surface area contributed by atoms with Gasteiger partial charge in [0.05, 0.1) is 16.4 Å². The average molecular weight is 430 g/mol. The number of hydrazone groups is 1. The summed E-state index contributed by atoms with van der Waals surface area (Å²) < 4.78 is 0. The van der Waals surface area contributed by atoms with Gasteiger partial charge in [-0.3, -0.25) is 4.79 Å². The second-order valence-corrected chi connectivity index (χ2v) is 7.67. The molecule has 3 aromatic rings. The molecule has 140 valence electrons. The van der Waals surface area contributed by atoms with E-state index < -0.39 is 6.04 Å². The number of aromatic nitrogens is 1. The highest BCUT2D eigenvalue weighted by atomic mass is 35.5. The monoisotopic (exact) mass is 429 g/mol. The molecule has 1 amide bonds. The van der Waals surface area contributed by atoms with Crippen molar-refractivity contribution in [1.82, 2.24) is 4.98 Å². The number of benzene rings is 2. The van der Waals surface area contributed by atoms with E-state index in [-0.39, 0.29) is 5.91 Å². The molecule has 9 heteroatoms. The van der Waals surface area contributed by atoms with Crippen molar-refractivity contribution in [2.45, 2.75) is 13.0 Å². The van der Waals surface area contributed by atoms with Gasteiger partial charge in [0.2, 0.25) is 5.13 Å².